The van der Waals surface area contributed by atoms with Gasteiger partial charge in [-0.25, -0.2) is 14.2 Å². The first-order chi connectivity index (χ1) is 11.0. The van der Waals surface area contributed by atoms with Crippen molar-refractivity contribution in [3.63, 3.8) is 0 Å². The molecule has 0 aliphatic heterocycles. The van der Waals surface area contributed by atoms with Gasteiger partial charge in [-0.15, -0.1) is 0 Å². The number of halogens is 3. The van der Waals surface area contributed by atoms with E-state index >= 15 is 0 Å². The van der Waals surface area contributed by atoms with E-state index in [0.29, 0.717) is 26.1 Å². The molecule has 0 atom stereocenters. The molecule has 2 aromatic carbocycles. The molecule has 8 heteroatoms. The van der Waals surface area contributed by atoms with Gasteiger partial charge < -0.3 is 0 Å². The Labute approximate surface area is 144 Å². The SMILES string of the molecule is O=c1[nH]s/c(=N/c2ccc(Cl)c(Cl)c2)n1Cc1cccc(F)c1. The van der Waals surface area contributed by atoms with E-state index in [1.165, 1.54) is 16.7 Å². The van der Waals surface area contributed by atoms with Crippen molar-refractivity contribution >= 4 is 40.4 Å². The van der Waals surface area contributed by atoms with Crippen molar-refractivity contribution in [1.82, 2.24) is 8.94 Å². The minimum atomic E-state index is -0.349. The van der Waals surface area contributed by atoms with Gasteiger partial charge in [-0.05, 0) is 47.4 Å². The lowest BCUT2D eigenvalue weighted by Crippen LogP contribution is -2.27. The fourth-order valence-electron chi connectivity index (χ4n) is 1.99. The van der Waals surface area contributed by atoms with Gasteiger partial charge in [0.1, 0.15) is 5.82 Å². The highest BCUT2D eigenvalue weighted by Crippen LogP contribution is 2.26. The number of nitrogens with one attached hydrogen (secondary N) is 1. The number of benzene rings is 2. The van der Waals surface area contributed by atoms with Gasteiger partial charge in [0.25, 0.3) is 0 Å². The highest BCUT2D eigenvalue weighted by Gasteiger charge is 2.05. The molecular weight excluding hydrogens is 360 g/mol. The third-order valence-electron chi connectivity index (χ3n) is 3.06. The fraction of sp³-hybridized carbons (Fsp3) is 0.0667. The maximum absolute atomic E-state index is 13.3. The summed E-state index contributed by atoms with van der Waals surface area (Å²) in [5, 5.41) is 0.813. The summed E-state index contributed by atoms with van der Waals surface area (Å²) in [7, 11) is 0. The van der Waals surface area contributed by atoms with E-state index in [9.17, 15) is 9.18 Å². The van der Waals surface area contributed by atoms with Crippen LogP contribution in [0, 0.1) is 5.82 Å². The second-order valence-electron chi connectivity index (χ2n) is 4.72. The molecule has 118 valence electrons. The number of aromatic amines is 1. The van der Waals surface area contributed by atoms with Crippen LogP contribution in [0.2, 0.25) is 10.0 Å². The number of rotatable bonds is 3. The predicted octanol–water partition coefficient (Wildman–Crippen LogP) is 3.96. The summed E-state index contributed by atoms with van der Waals surface area (Å²) in [5.74, 6) is -0.349. The van der Waals surface area contributed by atoms with Gasteiger partial charge >= 0.3 is 5.69 Å². The van der Waals surface area contributed by atoms with Crippen molar-refractivity contribution < 1.29 is 4.39 Å². The zero-order valence-electron chi connectivity index (χ0n) is 11.6. The zero-order chi connectivity index (χ0) is 16.4. The van der Waals surface area contributed by atoms with Crippen molar-refractivity contribution in [1.29, 1.82) is 0 Å². The van der Waals surface area contributed by atoms with Gasteiger partial charge in [-0.1, -0.05) is 35.3 Å². The van der Waals surface area contributed by atoms with Crippen LogP contribution in [-0.4, -0.2) is 8.94 Å². The Morgan fingerprint density at radius 3 is 2.74 bits per heavy atom. The Balaban J connectivity index is 2.03. The smallest absolute Gasteiger partial charge is 0.263 e. The van der Waals surface area contributed by atoms with Crippen molar-refractivity contribution in [2.75, 3.05) is 0 Å². The number of hydrogen-bond acceptors (Lipinski definition) is 3. The predicted molar refractivity (Wildman–Crippen MR) is 90.1 cm³/mol. The molecule has 0 radical (unpaired) electrons. The lowest BCUT2D eigenvalue weighted by molar-refractivity contribution is 0.622. The third-order valence-corrected chi connectivity index (χ3v) is 4.57. The molecule has 0 bridgehead atoms. The van der Waals surface area contributed by atoms with Crippen molar-refractivity contribution in [3.8, 4) is 0 Å². The molecule has 0 spiro atoms. The van der Waals surface area contributed by atoms with Crippen LogP contribution in [0.15, 0.2) is 52.3 Å². The monoisotopic (exact) mass is 369 g/mol. The van der Waals surface area contributed by atoms with E-state index in [2.05, 4.69) is 9.37 Å². The molecule has 0 amide bonds. The molecule has 0 fully saturated rings. The maximum Gasteiger partial charge on any atom is 0.337 e. The molecular formula is C15H10Cl2FN3OS. The Morgan fingerprint density at radius 1 is 1.17 bits per heavy atom. The van der Waals surface area contributed by atoms with E-state index in [1.54, 1.807) is 30.3 Å². The van der Waals surface area contributed by atoms with Gasteiger partial charge in [0.15, 0.2) is 0 Å². The zero-order valence-corrected chi connectivity index (χ0v) is 13.9. The minimum absolute atomic E-state index is 0.219. The molecule has 0 saturated carbocycles. The van der Waals surface area contributed by atoms with E-state index < -0.39 is 0 Å². The molecule has 0 aliphatic rings. The van der Waals surface area contributed by atoms with E-state index in [0.717, 1.165) is 11.5 Å². The van der Waals surface area contributed by atoms with Gasteiger partial charge in [0.2, 0.25) is 4.80 Å². The van der Waals surface area contributed by atoms with Gasteiger partial charge in [0.05, 0.1) is 22.3 Å². The second-order valence-corrected chi connectivity index (χ2v) is 6.31. The highest BCUT2D eigenvalue weighted by molar-refractivity contribution is 7.02. The number of hydrogen-bond donors (Lipinski definition) is 1. The van der Waals surface area contributed by atoms with Crippen LogP contribution in [0.4, 0.5) is 10.1 Å². The van der Waals surface area contributed by atoms with E-state index in [-0.39, 0.29) is 18.1 Å². The van der Waals surface area contributed by atoms with Crippen molar-refractivity contribution in [2.24, 2.45) is 4.99 Å². The van der Waals surface area contributed by atoms with Crippen LogP contribution in [0.5, 0.6) is 0 Å². The van der Waals surface area contributed by atoms with Crippen LogP contribution in [0.25, 0.3) is 0 Å². The molecule has 0 aliphatic carbocycles. The highest BCUT2D eigenvalue weighted by atomic mass is 35.5. The fourth-order valence-corrected chi connectivity index (χ4v) is 2.98. The minimum Gasteiger partial charge on any atom is -0.263 e. The normalized spacial score (nSPS) is 11.9. The Hall–Kier alpha value is -1.89. The summed E-state index contributed by atoms with van der Waals surface area (Å²) in [4.78, 5) is 16.8. The van der Waals surface area contributed by atoms with Crippen molar-refractivity contribution in [2.45, 2.75) is 6.54 Å². The Bertz CT molecular complexity index is 977. The first-order valence-electron chi connectivity index (χ1n) is 6.55. The van der Waals surface area contributed by atoms with Crippen LogP contribution in [0.3, 0.4) is 0 Å². The summed E-state index contributed by atoms with van der Waals surface area (Å²) in [6.07, 6.45) is 0. The van der Waals surface area contributed by atoms with Gasteiger partial charge in [-0.3, -0.25) is 8.94 Å². The van der Waals surface area contributed by atoms with Crippen LogP contribution in [0.1, 0.15) is 5.56 Å². The average Bonchev–Trinajstić information content (AvgIpc) is 2.84. The molecule has 23 heavy (non-hydrogen) atoms. The lowest BCUT2D eigenvalue weighted by Gasteiger charge is -2.02. The summed E-state index contributed by atoms with van der Waals surface area (Å²) in [6, 6.07) is 11.0. The van der Waals surface area contributed by atoms with Crippen LogP contribution < -0.4 is 10.5 Å². The molecule has 0 unspecified atom stereocenters. The Morgan fingerprint density at radius 2 is 2.00 bits per heavy atom. The summed E-state index contributed by atoms with van der Waals surface area (Å²) >= 11 is 12.9. The maximum atomic E-state index is 13.3. The largest absolute Gasteiger partial charge is 0.337 e. The lowest BCUT2D eigenvalue weighted by atomic mass is 10.2. The first kappa shape index (κ1) is 16.0. The van der Waals surface area contributed by atoms with E-state index in [4.69, 9.17) is 23.2 Å². The average molecular weight is 370 g/mol. The second kappa shape index (κ2) is 6.70. The molecule has 4 nitrogen and oxygen atoms in total. The summed E-state index contributed by atoms with van der Waals surface area (Å²) in [6.45, 7) is 0.219. The Kier molecular flexibility index (Phi) is 4.66. The molecule has 1 N–H and O–H groups in total. The molecule has 3 aromatic rings. The number of nitrogens with zero attached hydrogens (tertiary/aromatic N) is 2. The summed E-state index contributed by atoms with van der Waals surface area (Å²) in [5.41, 5.74) is 0.935. The van der Waals surface area contributed by atoms with Crippen LogP contribution >= 0.6 is 34.7 Å². The number of aromatic nitrogens is 2. The topological polar surface area (TPSA) is 50.1 Å². The molecule has 0 saturated heterocycles. The first-order valence-corrected chi connectivity index (χ1v) is 8.13. The van der Waals surface area contributed by atoms with Crippen molar-refractivity contribution in [3.05, 3.63) is 79.2 Å². The number of H-pyrrole nitrogens is 1. The summed E-state index contributed by atoms with van der Waals surface area (Å²) < 4.78 is 17.3. The van der Waals surface area contributed by atoms with Crippen LogP contribution in [-0.2, 0) is 6.54 Å². The molecule has 1 aromatic heterocycles. The van der Waals surface area contributed by atoms with Gasteiger partial charge in [-0.2, -0.15) is 0 Å². The molecule has 3 rings (SSSR count). The quantitative estimate of drug-likeness (QED) is 0.745. The standard InChI is InChI=1S/C15H10Cl2FN3OS/c16-12-5-4-11(7-13(12)17)19-15-21(14(22)20-23-15)8-9-2-1-3-10(18)6-9/h1-7H,8H2,(H,20,22)/b19-15+. The van der Waals surface area contributed by atoms with Gasteiger partial charge in [0, 0.05) is 0 Å². The molecule has 1 heterocycles. The van der Waals surface area contributed by atoms with E-state index in [1.807, 2.05) is 0 Å². The third kappa shape index (κ3) is 3.72.